The number of rotatable bonds is 2. The van der Waals surface area contributed by atoms with Crippen molar-refractivity contribution in [2.75, 3.05) is 0 Å². The topological polar surface area (TPSA) is 34.1 Å². The minimum atomic E-state index is -4.38. The van der Waals surface area contributed by atoms with Gasteiger partial charge in [-0.3, -0.25) is 9.59 Å². The lowest BCUT2D eigenvalue weighted by atomic mass is 10.1. The number of alkyl halides is 3. The minimum absolute atomic E-state index is 0.0322. The molecule has 0 aliphatic heterocycles. The van der Waals surface area contributed by atoms with Gasteiger partial charge in [-0.25, -0.2) is 0 Å². The molecule has 0 amide bonds. The summed E-state index contributed by atoms with van der Waals surface area (Å²) in [6, 6.07) is 11.7. The molecule has 0 fully saturated rings. The Labute approximate surface area is 120 Å². The average molecular weight is 294 g/mol. The molecule has 2 aromatic carbocycles. The van der Waals surface area contributed by atoms with Gasteiger partial charge in [0.2, 0.25) is 0 Å². The zero-order valence-corrected chi connectivity index (χ0v) is 11.2. The smallest absolute Gasteiger partial charge is 0.298 e. The summed E-state index contributed by atoms with van der Waals surface area (Å²) in [6.07, 6.45) is -3.14. The van der Waals surface area contributed by atoms with E-state index in [9.17, 15) is 22.8 Å². The first kappa shape index (κ1) is 16.6. The van der Waals surface area contributed by atoms with Gasteiger partial charge in [0.05, 0.1) is 5.56 Å². The molecule has 0 aromatic heterocycles. The van der Waals surface area contributed by atoms with E-state index in [1.165, 1.54) is 12.1 Å². The maximum Gasteiger partial charge on any atom is 0.416 e. The van der Waals surface area contributed by atoms with E-state index >= 15 is 0 Å². The number of halogens is 3. The molecule has 0 heterocycles. The highest BCUT2D eigenvalue weighted by Crippen LogP contribution is 2.29. The molecule has 0 spiro atoms. The van der Waals surface area contributed by atoms with Crippen LogP contribution in [0.25, 0.3) is 0 Å². The number of carbonyl (C=O) groups excluding carboxylic acids is 2. The SMILES string of the molecule is Cc1cccc(C=O)c1.O=Cc1cccc(C(F)(F)F)c1. The van der Waals surface area contributed by atoms with E-state index < -0.39 is 11.7 Å². The Bertz CT molecular complexity index is 619. The number of hydrogen-bond acceptors (Lipinski definition) is 2. The zero-order chi connectivity index (χ0) is 15.9. The maximum atomic E-state index is 12.0. The van der Waals surface area contributed by atoms with Crippen LogP contribution in [0.3, 0.4) is 0 Å². The Balaban J connectivity index is 0.000000219. The molecule has 0 saturated carbocycles. The largest absolute Gasteiger partial charge is 0.416 e. The third kappa shape index (κ3) is 5.60. The van der Waals surface area contributed by atoms with Gasteiger partial charge >= 0.3 is 6.18 Å². The van der Waals surface area contributed by atoms with E-state index in [1.54, 1.807) is 6.07 Å². The molecule has 0 aliphatic rings. The van der Waals surface area contributed by atoms with E-state index in [0.717, 1.165) is 29.5 Å². The molecular weight excluding hydrogens is 281 g/mol. The normalized spacial score (nSPS) is 10.3. The van der Waals surface area contributed by atoms with Gasteiger partial charge in [0.25, 0.3) is 0 Å². The van der Waals surface area contributed by atoms with E-state index in [4.69, 9.17) is 0 Å². The third-order valence-corrected chi connectivity index (χ3v) is 2.53. The molecule has 0 aliphatic carbocycles. The van der Waals surface area contributed by atoms with Crippen molar-refractivity contribution in [3.63, 3.8) is 0 Å². The fraction of sp³-hybridized carbons (Fsp3) is 0.125. The maximum absolute atomic E-state index is 12.0. The Hall–Kier alpha value is -2.43. The predicted octanol–water partition coefficient (Wildman–Crippen LogP) is 4.33. The van der Waals surface area contributed by atoms with Crippen LogP contribution >= 0.6 is 0 Å². The van der Waals surface area contributed by atoms with Gasteiger partial charge in [-0.15, -0.1) is 0 Å². The van der Waals surface area contributed by atoms with Crippen LogP contribution in [-0.2, 0) is 6.18 Å². The first-order valence-electron chi connectivity index (χ1n) is 6.01. The molecule has 0 saturated heterocycles. The summed E-state index contributed by atoms with van der Waals surface area (Å²) in [6.45, 7) is 1.97. The lowest BCUT2D eigenvalue weighted by Crippen LogP contribution is -2.04. The van der Waals surface area contributed by atoms with Crippen molar-refractivity contribution in [1.82, 2.24) is 0 Å². The third-order valence-electron chi connectivity index (χ3n) is 2.53. The summed E-state index contributed by atoms with van der Waals surface area (Å²) in [5.41, 5.74) is 1.10. The van der Waals surface area contributed by atoms with Crippen LogP contribution in [0.4, 0.5) is 13.2 Å². The van der Waals surface area contributed by atoms with Crippen LogP contribution in [-0.4, -0.2) is 12.6 Å². The highest BCUT2D eigenvalue weighted by molar-refractivity contribution is 5.75. The van der Waals surface area contributed by atoms with Crippen LogP contribution in [0.15, 0.2) is 48.5 Å². The summed E-state index contributed by atoms with van der Waals surface area (Å²) >= 11 is 0. The van der Waals surface area contributed by atoms with Gasteiger partial charge < -0.3 is 0 Å². The quantitative estimate of drug-likeness (QED) is 0.773. The van der Waals surface area contributed by atoms with Crippen molar-refractivity contribution < 1.29 is 22.8 Å². The van der Waals surface area contributed by atoms with Gasteiger partial charge in [-0.2, -0.15) is 13.2 Å². The monoisotopic (exact) mass is 294 g/mol. The number of hydrogen-bond donors (Lipinski definition) is 0. The molecular formula is C16H13F3O2. The Morgan fingerprint density at radius 3 is 1.81 bits per heavy atom. The van der Waals surface area contributed by atoms with Crippen molar-refractivity contribution in [2.45, 2.75) is 13.1 Å². The molecule has 2 nitrogen and oxygen atoms in total. The molecule has 0 N–H and O–H groups in total. The molecule has 0 unspecified atom stereocenters. The summed E-state index contributed by atoms with van der Waals surface area (Å²) in [7, 11) is 0. The molecule has 2 aromatic rings. The summed E-state index contributed by atoms with van der Waals surface area (Å²) in [5.74, 6) is 0. The summed E-state index contributed by atoms with van der Waals surface area (Å²) < 4.78 is 36.0. The van der Waals surface area contributed by atoms with Gasteiger partial charge in [0, 0.05) is 11.1 Å². The Morgan fingerprint density at radius 1 is 0.857 bits per heavy atom. The van der Waals surface area contributed by atoms with Crippen molar-refractivity contribution in [3.05, 3.63) is 70.8 Å². The molecule has 5 heteroatoms. The van der Waals surface area contributed by atoms with Crippen LogP contribution in [0, 0.1) is 6.92 Å². The second-order valence-corrected chi connectivity index (χ2v) is 4.27. The summed E-state index contributed by atoms with van der Waals surface area (Å²) in [4.78, 5) is 20.3. The highest BCUT2D eigenvalue weighted by Gasteiger charge is 2.30. The van der Waals surface area contributed by atoms with Crippen molar-refractivity contribution in [3.8, 4) is 0 Å². The van der Waals surface area contributed by atoms with Gasteiger partial charge in [0.1, 0.15) is 12.6 Å². The number of aldehydes is 2. The first-order chi connectivity index (χ1) is 9.86. The predicted molar refractivity (Wildman–Crippen MR) is 73.4 cm³/mol. The van der Waals surface area contributed by atoms with Crippen LogP contribution < -0.4 is 0 Å². The molecule has 110 valence electrons. The molecule has 21 heavy (non-hydrogen) atoms. The first-order valence-corrected chi connectivity index (χ1v) is 6.01. The Kier molecular flexibility index (Phi) is 5.84. The van der Waals surface area contributed by atoms with Crippen LogP contribution in [0.1, 0.15) is 31.8 Å². The van der Waals surface area contributed by atoms with E-state index in [0.29, 0.717) is 6.29 Å². The van der Waals surface area contributed by atoms with Crippen molar-refractivity contribution in [1.29, 1.82) is 0 Å². The highest BCUT2D eigenvalue weighted by atomic mass is 19.4. The Morgan fingerprint density at radius 2 is 1.38 bits per heavy atom. The fourth-order valence-corrected chi connectivity index (χ4v) is 1.53. The second-order valence-electron chi connectivity index (χ2n) is 4.27. The minimum Gasteiger partial charge on any atom is -0.298 e. The van der Waals surface area contributed by atoms with E-state index in [-0.39, 0.29) is 5.56 Å². The van der Waals surface area contributed by atoms with Gasteiger partial charge in [-0.05, 0) is 25.1 Å². The van der Waals surface area contributed by atoms with Crippen LogP contribution in [0.2, 0.25) is 0 Å². The van der Waals surface area contributed by atoms with E-state index in [1.807, 2.05) is 25.1 Å². The zero-order valence-electron chi connectivity index (χ0n) is 11.2. The molecule has 0 radical (unpaired) electrons. The summed E-state index contributed by atoms with van der Waals surface area (Å²) in [5, 5.41) is 0. The average Bonchev–Trinajstić information content (AvgIpc) is 2.47. The lowest BCUT2D eigenvalue weighted by molar-refractivity contribution is -0.137. The van der Waals surface area contributed by atoms with E-state index in [2.05, 4.69) is 0 Å². The molecule has 0 bridgehead atoms. The number of aryl methyl sites for hydroxylation is 1. The molecule has 2 rings (SSSR count). The van der Waals surface area contributed by atoms with Crippen LogP contribution in [0.5, 0.6) is 0 Å². The standard InChI is InChI=1S/C8H5F3O.C8H8O/c9-8(10,11)7-3-1-2-6(4-7)5-12;1-7-3-2-4-8(5-7)6-9/h1-5H;2-6H,1H3. The van der Waals surface area contributed by atoms with Crippen molar-refractivity contribution >= 4 is 12.6 Å². The van der Waals surface area contributed by atoms with Gasteiger partial charge in [0.15, 0.2) is 0 Å². The lowest BCUT2D eigenvalue weighted by Gasteiger charge is -2.05. The van der Waals surface area contributed by atoms with Gasteiger partial charge in [-0.1, -0.05) is 35.9 Å². The second kappa shape index (κ2) is 7.38. The molecule has 0 atom stereocenters. The van der Waals surface area contributed by atoms with Crippen molar-refractivity contribution in [2.24, 2.45) is 0 Å². The fourth-order valence-electron chi connectivity index (χ4n) is 1.53. The number of carbonyl (C=O) groups is 2. The number of benzene rings is 2.